The molecule has 2 nitrogen and oxygen atoms in total. The first-order valence-corrected chi connectivity index (χ1v) is 4.33. The van der Waals surface area contributed by atoms with Gasteiger partial charge in [0.1, 0.15) is 11.6 Å². The fourth-order valence-corrected chi connectivity index (χ4v) is 1.23. The van der Waals surface area contributed by atoms with Crippen molar-refractivity contribution in [3.05, 3.63) is 34.9 Å². The zero-order chi connectivity index (χ0) is 10.9. The Balaban J connectivity index is 0.00000196. The molecule has 0 bridgehead atoms. The molecule has 15 heavy (non-hydrogen) atoms. The van der Waals surface area contributed by atoms with E-state index in [1.165, 1.54) is 19.9 Å². The topological polar surface area (TPSA) is 46.2 Å². The van der Waals surface area contributed by atoms with Crippen LogP contribution in [0.3, 0.4) is 0 Å². The summed E-state index contributed by atoms with van der Waals surface area (Å²) in [4.78, 5) is 0. The van der Waals surface area contributed by atoms with Crippen LogP contribution >= 0.6 is 12.4 Å². The predicted octanol–water partition coefficient (Wildman–Crippen LogP) is 2.08. The second-order valence-electron chi connectivity index (χ2n) is 3.36. The minimum atomic E-state index is -1.03. The van der Waals surface area contributed by atoms with Gasteiger partial charge in [0, 0.05) is 5.56 Å². The summed E-state index contributed by atoms with van der Waals surface area (Å²) in [6.45, 7) is 2.92. The lowest BCUT2D eigenvalue weighted by Crippen LogP contribution is -2.25. The van der Waals surface area contributed by atoms with Gasteiger partial charge in [-0.15, -0.1) is 12.4 Å². The quantitative estimate of drug-likeness (QED) is 0.827. The normalized spacial score (nSPS) is 14.3. The Morgan fingerprint density at radius 1 is 1.33 bits per heavy atom. The number of hydrogen-bond donors (Lipinski definition) is 2. The third-order valence-electron chi connectivity index (χ3n) is 2.17. The molecule has 0 aliphatic heterocycles. The van der Waals surface area contributed by atoms with Gasteiger partial charge in [0.05, 0.1) is 12.1 Å². The van der Waals surface area contributed by atoms with E-state index < -0.39 is 23.8 Å². The van der Waals surface area contributed by atoms with Gasteiger partial charge in [-0.05, 0) is 25.5 Å². The summed E-state index contributed by atoms with van der Waals surface area (Å²) in [6.07, 6.45) is -0.985. The lowest BCUT2D eigenvalue weighted by Gasteiger charge is -2.17. The lowest BCUT2D eigenvalue weighted by molar-refractivity contribution is 0.160. The van der Waals surface area contributed by atoms with Crippen LogP contribution in [0.2, 0.25) is 0 Å². The highest BCUT2D eigenvalue weighted by Gasteiger charge is 2.21. The monoisotopic (exact) mass is 237 g/mol. The Kier molecular flexibility index (Phi) is 5.14. The summed E-state index contributed by atoms with van der Waals surface area (Å²) in [7, 11) is 0. The number of rotatable bonds is 2. The van der Waals surface area contributed by atoms with Gasteiger partial charge < -0.3 is 10.8 Å². The largest absolute Gasteiger partial charge is 0.391 e. The second-order valence-corrected chi connectivity index (χ2v) is 3.36. The molecule has 0 aliphatic rings. The van der Waals surface area contributed by atoms with Crippen LogP contribution in [-0.4, -0.2) is 11.2 Å². The Labute approximate surface area is 93.5 Å². The summed E-state index contributed by atoms with van der Waals surface area (Å²) in [5.74, 6) is -1.40. The van der Waals surface area contributed by atoms with Crippen LogP contribution in [0.4, 0.5) is 8.78 Å². The van der Waals surface area contributed by atoms with Crippen LogP contribution in [-0.2, 0) is 0 Å². The standard InChI is InChI=1S/C10H13F2NO.ClH/c1-5-3-4-7(11)8(9(5)12)10(13)6(2)14;/h3-4,6,10,14H,13H2,1-2H3;1H/t6-,10-;/m0./s1. The van der Waals surface area contributed by atoms with Gasteiger partial charge in [0.25, 0.3) is 0 Å². The number of halogens is 3. The summed E-state index contributed by atoms with van der Waals surface area (Å²) in [5.41, 5.74) is 5.55. The smallest absolute Gasteiger partial charge is 0.133 e. The second kappa shape index (κ2) is 5.39. The maximum atomic E-state index is 13.4. The van der Waals surface area contributed by atoms with Gasteiger partial charge >= 0.3 is 0 Å². The summed E-state index contributed by atoms with van der Waals surface area (Å²) >= 11 is 0. The van der Waals surface area contributed by atoms with Crippen molar-refractivity contribution in [3.63, 3.8) is 0 Å². The molecule has 0 saturated heterocycles. The van der Waals surface area contributed by atoms with E-state index in [1.807, 2.05) is 0 Å². The fourth-order valence-electron chi connectivity index (χ4n) is 1.23. The van der Waals surface area contributed by atoms with Gasteiger partial charge in [0.2, 0.25) is 0 Å². The average molecular weight is 238 g/mol. The molecule has 0 saturated carbocycles. The number of nitrogens with two attached hydrogens (primary N) is 1. The molecule has 5 heteroatoms. The Hall–Kier alpha value is -0.710. The highest BCUT2D eigenvalue weighted by molar-refractivity contribution is 5.85. The first-order valence-electron chi connectivity index (χ1n) is 4.33. The van der Waals surface area contributed by atoms with E-state index in [1.54, 1.807) is 0 Å². The van der Waals surface area contributed by atoms with Crippen LogP contribution < -0.4 is 5.73 Å². The predicted molar refractivity (Wildman–Crippen MR) is 57.0 cm³/mol. The van der Waals surface area contributed by atoms with Crippen molar-refractivity contribution in [1.82, 2.24) is 0 Å². The first kappa shape index (κ1) is 14.3. The Morgan fingerprint density at radius 2 is 1.87 bits per heavy atom. The Bertz CT molecular complexity index is 344. The highest BCUT2D eigenvalue weighted by atomic mass is 35.5. The first-order chi connectivity index (χ1) is 6.45. The third-order valence-corrected chi connectivity index (χ3v) is 2.17. The van der Waals surface area contributed by atoms with Crippen LogP contribution in [0.15, 0.2) is 12.1 Å². The van der Waals surface area contributed by atoms with Crippen molar-refractivity contribution in [2.24, 2.45) is 5.73 Å². The molecule has 0 spiro atoms. The van der Waals surface area contributed by atoms with Gasteiger partial charge in [-0.3, -0.25) is 0 Å². The number of aryl methyl sites for hydroxylation is 1. The van der Waals surface area contributed by atoms with Gasteiger partial charge in [-0.25, -0.2) is 8.78 Å². The molecule has 0 amide bonds. The minimum absolute atomic E-state index is 0. The highest BCUT2D eigenvalue weighted by Crippen LogP contribution is 2.23. The molecule has 0 unspecified atom stereocenters. The molecule has 0 radical (unpaired) electrons. The lowest BCUT2D eigenvalue weighted by atomic mass is 10.00. The maximum absolute atomic E-state index is 13.4. The van der Waals surface area contributed by atoms with Crippen molar-refractivity contribution in [3.8, 4) is 0 Å². The number of aliphatic hydroxyl groups is 1. The molecule has 0 fully saturated rings. The molecule has 1 aromatic rings. The van der Waals surface area contributed by atoms with Crippen LogP contribution in [0, 0.1) is 18.6 Å². The minimum Gasteiger partial charge on any atom is -0.391 e. The van der Waals surface area contributed by atoms with Crippen molar-refractivity contribution < 1.29 is 13.9 Å². The molecule has 2 atom stereocenters. The summed E-state index contributed by atoms with van der Waals surface area (Å²) < 4.78 is 26.7. The SMILES string of the molecule is Cc1ccc(F)c([C@@H](N)[C@H](C)O)c1F.Cl. The van der Waals surface area contributed by atoms with Crippen molar-refractivity contribution in [1.29, 1.82) is 0 Å². The molecule has 86 valence electrons. The van der Waals surface area contributed by atoms with Crippen LogP contribution in [0.5, 0.6) is 0 Å². The van der Waals surface area contributed by atoms with E-state index in [0.717, 1.165) is 6.07 Å². The zero-order valence-corrected chi connectivity index (χ0v) is 9.31. The average Bonchev–Trinajstić information content (AvgIpc) is 2.12. The van der Waals surface area contributed by atoms with Gasteiger partial charge in [-0.1, -0.05) is 6.07 Å². The van der Waals surface area contributed by atoms with Crippen LogP contribution in [0.25, 0.3) is 0 Å². The van der Waals surface area contributed by atoms with Crippen molar-refractivity contribution in [2.45, 2.75) is 26.0 Å². The van der Waals surface area contributed by atoms with E-state index >= 15 is 0 Å². The third kappa shape index (κ3) is 2.87. The molecular formula is C10H14ClF2NO. The Morgan fingerprint density at radius 3 is 2.33 bits per heavy atom. The van der Waals surface area contributed by atoms with Gasteiger partial charge in [0.15, 0.2) is 0 Å². The molecule has 0 aromatic heterocycles. The van der Waals surface area contributed by atoms with Crippen LogP contribution in [0.1, 0.15) is 24.1 Å². The van der Waals surface area contributed by atoms with E-state index in [9.17, 15) is 8.78 Å². The number of hydrogen-bond acceptors (Lipinski definition) is 2. The molecule has 0 heterocycles. The van der Waals surface area contributed by atoms with E-state index in [-0.39, 0.29) is 18.0 Å². The number of aliphatic hydroxyl groups excluding tert-OH is 1. The van der Waals surface area contributed by atoms with E-state index in [4.69, 9.17) is 10.8 Å². The maximum Gasteiger partial charge on any atom is 0.133 e. The van der Waals surface area contributed by atoms with Crippen molar-refractivity contribution in [2.75, 3.05) is 0 Å². The molecule has 1 rings (SSSR count). The van der Waals surface area contributed by atoms with Gasteiger partial charge in [-0.2, -0.15) is 0 Å². The fraction of sp³-hybridized carbons (Fsp3) is 0.400. The molecular weight excluding hydrogens is 224 g/mol. The number of benzene rings is 1. The summed E-state index contributed by atoms with van der Waals surface area (Å²) in [6, 6.07) is 1.45. The van der Waals surface area contributed by atoms with E-state index in [0.29, 0.717) is 5.56 Å². The molecule has 0 aliphatic carbocycles. The molecule has 3 N–H and O–H groups in total. The molecule has 1 aromatic carbocycles. The van der Waals surface area contributed by atoms with E-state index in [2.05, 4.69) is 0 Å². The summed E-state index contributed by atoms with van der Waals surface area (Å²) in [5, 5.41) is 9.16. The van der Waals surface area contributed by atoms with Crippen molar-refractivity contribution >= 4 is 12.4 Å². The zero-order valence-electron chi connectivity index (χ0n) is 8.50.